The van der Waals surface area contributed by atoms with Gasteiger partial charge < -0.3 is 15.5 Å². The molecule has 0 bridgehead atoms. The lowest BCUT2D eigenvalue weighted by molar-refractivity contribution is -0.131. The Hall–Kier alpha value is -1.31. The molecular formula is C18H29N5OS. The highest BCUT2D eigenvalue weighted by atomic mass is 32.2. The topological polar surface area (TPSA) is 65.7 Å². The number of aromatic nitrogens is 1. The average molecular weight is 364 g/mol. The van der Waals surface area contributed by atoms with Crippen molar-refractivity contribution in [3.05, 3.63) is 24.4 Å². The van der Waals surface area contributed by atoms with Gasteiger partial charge in [0.2, 0.25) is 5.91 Å². The molecule has 0 spiro atoms. The van der Waals surface area contributed by atoms with E-state index in [1.54, 1.807) is 0 Å². The number of piperazine rings is 1. The SMILES string of the molecule is NC(CCCCN1CCN(c2ccccn2)CC1)C(=O)N1CCSC1. The van der Waals surface area contributed by atoms with Crippen molar-refractivity contribution in [1.29, 1.82) is 0 Å². The Morgan fingerprint density at radius 1 is 1.20 bits per heavy atom. The summed E-state index contributed by atoms with van der Waals surface area (Å²) < 4.78 is 0. The predicted octanol–water partition coefficient (Wildman–Crippen LogP) is 1.23. The lowest BCUT2D eigenvalue weighted by Crippen LogP contribution is -2.47. The molecule has 6 nitrogen and oxygen atoms in total. The van der Waals surface area contributed by atoms with Gasteiger partial charge in [-0.05, 0) is 31.5 Å². The number of nitrogens with zero attached hydrogens (tertiary/aromatic N) is 4. The summed E-state index contributed by atoms with van der Waals surface area (Å²) >= 11 is 1.81. The molecule has 138 valence electrons. The highest BCUT2D eigenvalue weighted by Crippen LogP contribution is 2.16. The molecule has 2 aliphatic heterocycles. The summed E-state index contributed by atoms with van der Waals surface area (Å²) in [7, 11) is 0. The predicted molar refractivity (Wildman–Crippen MR) is 104 cm³/mol. The van der Waals surface area contributed by atoms with Crippen LogP contribution >= 0.6 is 11.8 Å². The van der Waals surface area contributed by atoms with E-state index in [1.807, 2.05) is 35.0 Å². The van der Waals surface area contributed by atoms with Crippen LogP contribution in [0, 0.1) is 0 Å². The van der Waals surface area contributed by atoms with Crippen LogP contribution in [0.3, 0.4) is 0 Å². The largest absolute Gasteiger partial charge is 0.354 e. The maximum absolute atomic E-state index is 12.2. The lowest BCUT2D eigenvalue weighted by atomic mass is 10.1. The summed E-state index contributed by atoms with van der Waals surface area (Å²) in [5.41, 5.74) is 6.07. The molecule has 0 saturated carbocycles. The molecule has 7 heteroatoms. The van der Waals surface area contributed by atoms with Crippen molar-refractivity contribution >= 4 is 23.5 Å². The van der Waals surface area contributed by atoms with Gasteiger partial charge in [-0.1, -0.05) is 12.5 Å². The number of thioether (sulfide) groups is 1. The Bertz CT molecular complexity index is 530. The first kappa shape index (κ1) is 18.5. The van der Waals surface area contributed by atoms with Crippen LogP contribution in [0.2, 0.25) is 0 Å². The number of rotatable bonds is 7. The molecule has 0 radical (unpaired) electrons. The number of pyridine rings is 1. The molecule has 1 atom stereocenters. The third kappa shape index (κ3) is 5.33. The van der Waals surface area contributed by atoms with E-state index < -0.39 is 0 Å². The molecule has 1 unspecified atom stereocenters. The van der Waals surface area contributed by atoms with Gasteiger partial charge in [-0.3, -0.25) is 9.69 Å². The quantitative estimate of drug-likeness (QED) is 0.735. The minimum atomic E-state index is -0.320. The Morgan fingerprint density at radius 3 is 2.72 bits per heavy atom. The smallest absolute Gasteiger partial charge is 0.240 e. The Balaban J connectivity index is 1.29. The van der Waals surface area contributed by atoms with Gasteiger partial charge in [-0.15, -0.1) is 11.8 Å². The van der Waals surface area contributed by atoms with E-state index in [0.29, 0.717) is 0 Å². The van der Waals surface area contributed by atoms with Crippen molar-refractivity contribution in [1.82, 2.24) is 14.8 Å². The van der Waals surface area contributed by atoms with Crippen molar-refractivity contribution in [2.45, 2.75) is 25.3 Å². The third-order valence-electron chi connectivity index (χ3n) is 4.97. The van der Waals surface area contributed by atoms with E-state index in [2.05, 4.69) is 20.9 Å². The van der Waals surface area contributed by atoms with Gasteiger partial charge in [0.1, 0.15) is 5.82 Å². The molecular weight excluding hydrogens is 334 g/mol. The fourth-order valence-electron chi connectivity index (χ4n) is 3.39. The molecule has 0 aliphatic carbocycles. The molecule has 2 saturated heterocycles. The number of hydrogen-bond acceptors (Lipinski definition) is 6. The van der Waals surface area contributed by atoms with Gasteiger partial charge >= 0.3 is 0 Å². The van der Waals surface area contributed by atoms with Crippen molar-refractivity contribution < 1.29 is 4.79 Å². The van der Waals surface area contributed by atoms with Crippen molar-refractivity contribution in [3.8, 4) is 0 Å². The molecule has 0 aromatic carbocycles. The Morgan fingerprint density at radius 2 is 2.04 bits per heavy atom. The van der Waals surface area contributed by atoms with Gasteiger partial charge in [0.25, 0.3) is 0 Å². The first-order chi connectivity index (χ1) is 12.2. The summed E-state index contributed by atoms with van der Waals surface area (Å²) in [5.74, 6) is 3.07. The number of nitrogens with two attached hydrogens (primary N) is 1. The van der Waals surface area contributed by atoms with E-state index in [4.69, 9.17) is 5.73 Å². The molecule has 2 fully saturated rings. The zero-order valence-corrected chi connectivity index (χ0v) is 15.7. The van der Waals surface area contributed by atoms with Crippen LogP contribution < -0.4 is 10.6 Å². The van der Waals surface area contributed by atoms with Crippen molar-refractivity contribution in [2.24, 2.45) is 5.73 Å². The number of hydrogen-bond donors (Lipinski definition) is 1. The summed E-state index contributed by atoms with van der Waals surface area (Å²) in [6, 6.07) is 5.75. The molecule has 25 heavy (non-hydrogen) atoms. The highest BCUT2D eigenvalue weighted by molar-refractivity contribution is 7.99. The number of unbranched alkanes of at least 4 members (excludes halogenated alkanes) is 1. The van der Waals surface area contributed by atoms with Gasteiger partial charge in [0.15, 0.2) is 0 Å². The fraction of sp³-hybridized carbons (Fsp3) is 0.667. The van der Waals surface area contributed by atoms with Crippen LogP contribution in [-0.4, -0.2) is 77.6 Å². The molecule has 2 N–H and O–H groups in total. The minimum Gasteiger partial charge on any atom is -0.354 e. The van der Waals surface area contributed by atoms with Crippen LogP contribution in [0.1, 0.15) is 19.3 Å². The van der Waals surface area contributed by atoms with Crippen molar-refractivity contribution in [2.75, 3.05) is 55.8 Å². The monoisotopic (exact) mass is 363 g/mol. The first-order valence-corrected chi connectivity index (χ1v) is 10.4. The van der Waals surface area contributed by atoms with Gasteiger partial charge in [0.05, 0.1) is 11.9 Å². The van der Waals surface area contributed by atoms with Crippen LogP contribution in [0.15, 0.2) is 24.4 Å². The number of amides is 1. The van der Waals surface area contributed by atoms with Gasteiger partial charge in [0, 0.05) is 44.7 Å². The Labute approximate surface area is 154 Å². The standard InChI is InChI=1S/C18H29N5OS/c19-16(18(24)23-13-14-25-15-23)5-2-4-8-21-9-11-22(12-10-21)17-6-1-3-7-20-17/h1,3,6-7,16H,2,4-5,8-15,19H2. The van der Waals surface area contributed by atoms with Crippen LogP contribution in [-0.2, 0) is 4.79 Å². The maximum atomic E-state index is 12.2. The summed E-state index contributed by atoms with van der Waals surface area (Å²) in [5, 5.41) is 0. The number of anilines is 1. The maximum Gasteiger partial charge on any atom is 0.240 e. The molecule has 1 aromatic rings. The molecule has 3 heterocycles. The highest BCUT2D eigenvalue weighted by Gasteiger charge is 2.23. The van der Waals surface area contributed by atoms with Crippen LogP contribution in [0.5, 0.6) is 0 Å². The van der Waals surface area contributed by atoms with E-state index in [0.717, 1.165) is 76.0 Å². The summed E-state index contributed by atoms with van der Waals surface area (Å²) in [6.45, 7) is 6.16. The van der Waals surface area contributed by atoms with E-state index in [9.17, 15) is 4.79 Å². The number of carbonyl (C=O) groups is 1. The lowest BCUT2D eigenvalue weighted by Gasteiger charge is -2.35. The molecule has 3 rings (SSSR count). The van der Waals surface area contributed by atoms with Crippen molar-refractivity contribution in [3.63, 3.8) is 0 Å². The normalized spacial score (nSPS) is 20.0. The fourth-order valence-corrected chi connectivity index (χ4v) is 4.34. The summed E-state index contributed by atoms with van der Waals surface area (Å²) in [4.78, 5) is 23.4. The number of carbonyl (C=O) groups excluding carboxylic acids is 1. The molecule has 1 aromatic heterocycles. The van der Waals surface area contributed by atoms with E-state index >= 15 is 0 Å². The third-order valence-corrected chi connectivity index (χ3v) is 5.93. The second kappa shape index (κ2) is 9.40. The average Bonchev–Trinajstić information content (AvgIpc) is 3.20. The summed E-state index contributed by atoms with van der Waals surface area (Å²) in [6.07, 6.45) is 4.79. The van der Waals surface area contributed by atoms with Gasteiger partial charge in [-0.25, -0.2) is 4.98 Å². The zero-order valence-electron chi connectivity index (χ0n) is 14.8. The Kier molecular flexibility index (Phi) is 6.95. The zero-order chi connectivity index (χ0) is 17.5. The van der Waals surface area contributed by atoms with E-state index in [1.165, 1.54) is 0 Å². The molecule has 2 aliphatic rings. The van der Waals surface area contributed by atoms with Crippen LogP contribution in [0.25, 0.3) is 0 Å². The second-order valence-corrected chi connectivity index (χ2v) is 7.83. The van der Waals surface area contributed by atoms with Crippen LogP contribution in [0.4, 0.5) is 5.82 Å². The first-order valence-electron chi connectivity index (χ1n) is 9.24. The minimum absolute atomic E-state index is 0.133. The molecule has 1 amide bonds. The second-order valence-electron chi connectivity index (χ2n) is 6.76. The van der Waals surface area contributed by atoms with E-state index in [-0.39, 0.29) is 11.9 Å². The van der Waals surface area contributed by atoms with Gasteiger partial charge in [-0.2, -0.15) is 0 Å².